The number of nitrogens with zero attached hydrogens (tertiary/aromatic N) is 1. The van der Waals surface area contributed by atoms with E-state index >= 15 is 0 Å². The fourth-order valence-electron chi connectivity index (χ4n) is 1.39. The zero-order valence-electron chi connectivity index (χ0n) is 8.62. The van der Waals surface area contributed by atoms with Crippen LogP contribution in [0.1, 0.15) is 6.42 Å². The van der Waals surface area contributed by atoms with Crippen LogP contribution >= 0.6 is 27.5 Å². The third-order valence-electron chi connectivity index (χ3n) is 2.15. The van der Waals surface area contributed by atoms with Gasteiger partial charge in [0.15, 0.2) is 0 Å². The van der Waals surface area contributed by atoms with Gasteiger partial charge in [-0.25, -0.2) is 4.98 Å². The molecule has 0 amide bonds. The maximum absolute atomic E-state index is 5.57. The Balaban J connectivity index is 2.20. The number of hydrogen-bond acceptors (Lipinski definition) is 2. The number of ether oxygens (including phenoxy) is 1. The Bertz CT molecular complexity index is 489. The molecule has 0 N–H and O–H groups in total. The highest BCUT2D eigenvalue weighted by atomic mass is 79.9. The van der Waals surface area contributed by atoms with Gasteiger partial charge < -0.3 is 4.74 Å². The van der Waals surface area contributed by atoms with Crippen LogP contribution in [0.25, 0.3) is 10.9 Å². The van der Waals surface area contributed by atoms with Gasteiger partial charge in [-0.2, -0.15) is 0 Å². The van der Waals surface area contributed by atoms with E-state index in [1.165, 1.54) is 0 Å². The third kappa shape index (κ3) is 2.86. The van der Waals surface area contributed by atoms with Gasteiger partial charge >= 0.3 is 0 Å². The van der Waals surface area contributed by atoms with Crippen LogP contribution in [-0.2, 0) is 0 Å². The first-order valence-corrected chi connectivity index (χ1v) is 6.37. The number of pyridine rings is 1. The van der Waals surface area contributed by atoms with Crippen molar-refractivity contribution in [2.24, 2.45) is 0 Å². The molecule has 0 saturated heterocycles. The molecule has 0 saturated carbocycles. The van der Waals surface area contributed by atoms with Crippen LogP contribution in [-0.4, -0.2) is 17.5 Å². The number of alkyl halides is 1. The van der Waals surface area contributed by atoms with Crippen molar-refractivity contribution in [2.75, 3.05) is 12.5 Å². The monoisotopic (exact) mass is 299 g/mol. The van der Waals surface area contributed by atoms with Crippen molar-refractivity contribution in [2.45, 2.75) is 6.42 Å². The normalized spacial score (nSPS) is 10.6. The second-order valence-electron chi connectivity index (χ2n) is 3.38. The van der Waals surface area contributed by atoms with Crippen molar-refractivity contribution in [3.8, 4) is 5.88 Å². The number of halogens is 2. The molecule has 0 aliphatic heterocycles. The van der Waals surface area contributed by atoms with Crippen molar-refractivity contribution in [3.05, 3.63) is 34.8 Å². The highest BCUT2D eigenvalue weighted by molar-refractivity contribution is 9.10. The summed E-state index contributed by atoms with van der Waals surface area (Å²) in [5.74, 6) is 1.26. The Hall–Kier alpha value is -0.800. The number of fused-ring (bicyclic) bond motifs is 1. The van der Waals surface area contributed by atoms with Gasteiger partial charge in [-0.3, -0.25) is 0 Å². The number of hydrogen-bond donors (Lipinski definition) is 0. The summed E-state index contributed by atoms with van der Waals surface area (Å²) in [7, 11) is 0. The standard InChI is InChI=1S/C12H11BrClNO/c13-10-3-4-11-9(8-10)2-5-12(15-11)16-7-1-6-14/h2-5,8H,1,6-7H2. The lowest BCUT2D eigenvalue weighted by Crippen LogP contribution is -1.99. The summed E-state index contributed by atoms with van der Waals surface area (Å²) in [4.78, 5) is 4.40. The Morgan fingerprint density at radius 3 is 2.94 bits per heavy atom. The summed E-state index contributed by atoms with van der Waals surface area (Å²) >= 11 is 9.00. The molecule has 1 aromatic carbocycles. The first kappa shape index (κ1) is 11.7. The minimum Gasteiger partial charge on any atom is -0.478 e. The highest BCUT2D eigenvalue weighted by Gasteiger charge is 1.99. The zero-order chi connectivity index (χ0) is 11.4. The molecule has 4 heteroatoms. The topological polar surface area (TPSA) is 22.1 Å². The molecule has 2 nitrogen and oxygen atoms in total. The lowest BCUT2D eigenvalue weighted by molar-refractivity contribution is 0.307. The number of aromatic nitrogens is 1. The smallest absolute Gasteiger partial charge is 0.213 e. The quantitative estimate of drug-likeness (QED) is 0.629. The molecule has 2 aromatic rings. The lowest BCUT2D eigenvalue weighted by Gasteiger charge is -2.05. The largest absolute Gasteiger partial charge is 0.478 e. The SMILES string of the molecule is ClCCCOc1ccc2cc(Br)ccc2n1. The Morgan fingerprint density at radius 1 is 1.25 bits per heavy atom. The highest BCUT2D eigenvalue weighted by Crippen LogP contribution is 2.20. The van der Waals surface area contributed by atoms with Crippen LogP contribution in [0.2, 0.25) is 0 Å². The fourth-order valence-corrected chi connectivity index (χ4v) is 1.88. The zero-order valence-corrected chi connectivity index (χ0v) is 11.0. The predicted molar refractivity (Wildman–Crippen MR) is 70.3 cm³/mol. The van der Waals surface area contributed by atoms with Gasteiger partial charge in [-0.15, -0.1) is 11.6 Å². The molecule has 16 heavy (non-hydrogen) atoms. The average molecular weight is 301 g/mol. The molecule has 0 spiro atoms. The van der Waals surface area contributed by atoms with Gasteiger partial charge in [0.05, 0.1) is 12.1 Å². The lowest BCUT2D eigenvalue weighted by atomic mass is 10.2. The van der Waals surface area contributed by atoms with Crippen molar-refractivity contribution in [3.63, 3.8) is 0 Å². The van der Waals surface area contributed by atoms with E-state index in [0.717, 1.165) is 21.8 Å². The van der Waals surface area contributed by atoms with Gasteiger partial charge in [0, 0.05) is 21.8 Å². The van der Waals surface area contributed by atoms with Crippen LogP contribution in [0.3, 0.4) is 0 Å². The summed E-state index contributed by atoms with van der Waals surface area (Å²) in [5.41, 5.74) is 0.937. The molecule has 0 bridgehead atoms. The predicted octanol–water partition coefficient (Wildman–Crippen LogP) is 4.01. The van der Waals surface area contributed by atoms with Crippen LogP contribution in [0, 0.1) is 0 Å². The molecule has 0 aliphatic rings. The van der Waals surface area contributed by atoms with Gasteiger partial charge in [-0.05, 0) is 30.7 Å². The first-order valence-electron chi connectivity index (χ1n) is 5.04. The van der Waals surface area contributed by atoms with Crippen molar-refractivity contribution < 1.29 is 4.74 Å². The third-order valence-corrected chi connectivity index (χ3v) is 2.91. The number of rotatable bonds is 4. The maximum Gasteiger partial charge on any atom is 0.213 e. The van der Waals surface area contributed by atoms with Gasteiger partial charge in [0.1, 0.15) is 0 Å². The second kappa shape index (κ2) is 5.51. The molecule has 0 fully saturated rings. The van der Waals surface area contributed by atoms with E-state index in [9.17, 15) is 0 Å². The van der Waals surface area contributed by atoms with Crippen molar-refractivity contribution >= 4 is 38.4 Å². The Labute approximate surface area is 108 Å². The van der Waals surface area contributed by atoms with E-state index in [1.54, 1.807) is 0 Å². The first-order chi connectivity index (χ1) is 7.79. The summed E-state index contributed by atoms with van der Waals surface area (Å²) in [6.45, 7) is 0.610. The molecule has 84 valence electrons. The second-order valence-corrected chi connectivity index (χ2v) is 4.67. The Kier molecular flexibility index (Phi) is 4.02. The molecule has 1 heterocycles. The van der Waals surface area contributed by atoms with E-state index in [-0.39, 0.29) is 0 Å². The van der Waals surface area contributed by atoms with E-state index in [0.29, 0.717) is 18.4 Å². The molecular formula is C12H11BrClNO. The Morgan fingerprint density at radius 2 is 2.12 bits per heavy atom. The summed E-state index contributed by atoms with van der Waals surface area (Å²) in [6, 6.07) is 9.85. The van der Waals surface area contributed by atoms with E-state index in [1.807, 2.05) is 30.3 Å². The van der Waals surface area contributed by atoms with Gasteiger partial charge in [0.25, 0.3) is 0 Å². The summed E-state index contributed by atoms with van der Waals surface area (Å²) in [6.07, 6.45) is 0.835. The van der Waals surface area contributed by atoms with Crippen molar-refractivity contribution in [1.82, 2.24) is 4.98 Å². The number of benzene rings is 1. The van der Waals surface area contributed by atoms with Gasteiger partial charge in [-0.1, -0.05) is 15.9 Å². The molecular weight excluding hydrogens is 289 g/mol. The molecule has 0 unspecified atom stereocenters. The summed E-state index contributed by atoms with van der Waals surface area (Å²) < 4.78 is 6.53. The van der Waals surface area contributed by atoms with Crippen LogP contribution in [0.4, 0.5) is 0 Å². The molecule has 1 aromatic heterocycles. The fraction of sp³-hybridized carbons (Fsp3) is 0.250. The van der Waals surface area contributed by atoms with Crippen LogP contribution < -0.4 is 4.74 Å². The molecule has 0 aliphatic carbocycles. The van der Waals surface area contributed by atoms with Crippen LogP contribution in [0.5, 0.6) is 5.88 Å². The molecule has 2 rings (SSSR count). The average Bonchev–Trinajstić information content (AvgIpc) is 2.29. The summed E-state index contributed by atoms with van der Waals surface area (Å²) in [5, 5.41) is 1.10. The minimum absolute atomic E-state index is 0.610. The van der Waals surface area contributed by atoms with Gasteiger partial charge in [0.2, 0.25) is 5.88 Å². The maximum atomic E-state index is 5.57. The van der Waals surface area contributed by atoms with Crippen molar-refractivity contribution in [1.29, 1.82) is 0 Å². The van der Waals surface area contributed by atoms with E-state index in [4.69, 9.17) is 16.3 Å². The molecule has 0 radical (unpaired) electrons. The van der Waals surface area contributed by atoms with Crippen LogP contribution in [0.15, 0.2) is 34.8 Å². The molecule has 0 atom stereocenters. The van der Waals surface area contributed by atoms with E-state index in [2.05, 4.69) is 20.9 Å². The minimum atomic E-state index is 0.610. The van der Waals surface area contributed by atoms with E-state index < -0.39 is 0 Å².